The highest BCUT2D eigenvalue weighted by molar-refractivity contribution is 7.99. The SMILES string of the molecule is CC1CCC(NC2CCSC2)CC1. The van der Waals surface area contributed by atoms with Crippen LogP contribution >= 0.6 is 11.8 Å². The summed E-state index contributed by atoms with van der Waals surface area (Å²) >= 11 is 2.11. The third-order valence-electron chi connectivity index (χ3n) is 3.42. The number of nitrogens with one attached hydrogen (secondary N) is 1. The molecule has 1 saturated heterocycles. The highest BCUT2D eigenvalue weighted by atomic mass is 32.2. The molecule has 1 aliphatic heterocycles. The molecule has 2 fully saturated rings. The molecule has 2 aliphatic rings. The van der Waals surface area contributed by atoms with Gasteiger partial charge in [0.05, 0.1) is 0 Å². The van der Waals surface area contributed by atoms with Crippen LogP contribution in [-0.4, -0.2) is 23.6 Å². The van der Waals surface area contributed by atoms with Crippen molar-refractivity contribution in [2.75, 3.05) is 11.5 Å². The first kappa shape index (κ1) is 9.85. The molecule has 1 atom stereocenters. The van der Waals surface area contributed by atoms with Crippen molar-refractivity contribution in [3.8, 4) is 0 Å². The number of hydrogen-bond donors (Lipinski definition) is 1. The van der Waals surface area contributed by atoms with Gasteiger partial charge in [0.2, 0.25) is 0 Å². The molecule has 0 spiro atoms. The Morgan fingerprint density at radius 1 is 1.00 bits per heavy atom. The van der Waals surface area contributed by atoms with Gasteiger partial charge in [-0.05, 0) is 43.8 Å². The van der Waals surface area contributed by atoms with Crippen LogP contribution in [0.4, 0.5) is 0 Å². The topological polar surface area (TPSA) is 12.0 Å². The Hall–Kier alpha value is 0.310. The van der Waals surface area contributed by atoms with E-state index < -0.39 is 0 Å². The minimum absolute atomic E-state index is 0.836. The molecule has 1 aliphatic carbocycles. The molecular formula is C11H21NS. The van der Waals surface area contributed by atoms with Crippen LogP contribution in [0, 0.1) is 5.92 Å². The van der Waals surface area contributed by atoms with E-state index in [2.05, 4.69) is 24.0 Å². The van der Waals surface area contributed by atoms with E-state index in [1.807, 2.05) is 0 Å². The fraction of sp³-hybridized carbons (Fsp3) is 1.00. The highest BCUT2D eigenvalue weighted by Crippen LogP contribution is 2.25. The van der Waals surface area contributed by atoms with Crippen molar-refractivity contribution in [2.24, 2.45) is 5.92 Å². The van der Waals surface area contributed by atoms with Gasteiger partial charge in [0, 0.05) is 17.8 Å². The molecule has 1 heterocycles. The van der Waals surface area contributed by atoms with Crippen molar-refractivity contribution < 1.29 is 0 Å². The van der Waals surface area contributed by atoms with Crippen molar-refractivity contribution in [3.05, 3.63) is 0 Å². The molecule has 0 bridgehead atoms. The molecule has 0 amide bonds. The maximum Gasteiger partial charge on any atom is 0.0168 e. The van der Waals surface area contributed by atoms with Gasteiger partial charge in [-0.25, -0.2) is 0 Å². The summed E-state index contributed by atoms with van der Waals surface area (Å²) in [4.78, 5) is 0. The van der Waals surface area contributed by atoms with Crippen molar-refractivity contribution in [1.82, 2.24) is 5.32 Å². The van der Waals surface area contributed by atoms with Crippen LogP contribution in [0.5, 0.6) is 0 Å². The molecular weight excluding hydrogens is 178 g/mol. The van der Waals surface area contributed by atoms with Crippen LogP contribution in [0.3, 0.4) is 0 Å². The summed E-state index contributed by atoms with van der Waals surface area (Å²) in [5.74, 6) is 3.71. The van der Waals surface area contributed by atoms with Crippen molar-refractivity contribution >= 4 is 11.8 Å². The average Bonchev–Trinajstić information content (AvgIpc) is 2.62. The van der Waals surface area contributed by atoms with Gasteiger partial charge in [0.25, 0.3) is 0 Å². The van der Waals surface area contributed by atoms with Gasteiger partial charge in [-0.15, -0.1) is 0 Å². The van der Waals surface area contributed by atoms with E-state index in [0.29, 0.717) is 0 Å². The van der Waals surface area contributed by atoms with E-state index in [1.54, 1.807) is 0 Å². The Morgan fingerprint density at radius 3 is 2.38 bits per heavy atom. The zero-order valence-electron chi connectivity index (χ0n) is 8.59. The summed E-state index contributed by atoms with van der Waals surface area (Å²) in [5, 5.41) is 3.82. The normalized spacial score (nSPS) is 40.8. The fourth-order valence-electron chi connectivity index (χ4n) is 2.43. The lowest BCUT2D eigenvalue weighted by Gasteiger charge is -2.29. The summed E-state index contributed by atoms with van der Waals surface area (Å²) in [7, 11) is 0. The minimum Gasteiger partial charge on any atom is -0.310 e. The molecule has 1 nitrogen and oxygen atoms in total. The van der Waals surface area contributed by atoms with Crippen LogP contribution in [0.2, 0.25) is 0 Å². The predicted molar refractivity (Wildman–Crippen MR) is 60.3 cm³/mol. The minimum atomic E-state index is 0.836. The van der Waals surface area contributed by atoms with Gasteiger partial charge in [-0.2, -0.15) is 11.8 Å². The summed E-state index contributed by atoms with van der Waals surface area (Å²) in [6.45, 7) is 2.39. The molecule has 0 aromatic rings. The van der Waals surface area contributed by atoms with Crippen LogP contribution in [0.15, 0.2) is 0 Å². The molecule has 0 aromatic heterocycles. The lowest BCUT2D eigenvalue weighted by atomic mass is 9.87. The monoisotopic (exact) mass is 199 g/mol. The van der Waals surface area contributed by atoms with Crippen molar-refractivity contribution in [1.29, 1.82) is 0 Å². The molecule has 0 aromatic carbocycles. The highest BCUT2D eigenvalue weighted by Gasteiger charge is 2.22. The first-order chi connectivity index (χ1) is 6.34. The molecule has 1 saturated carbocycles. The molecule has 1 N–H and O–H groups in total. The van der Waals surface area contributed by atoms with Crippen LogP contribution in [0.1, 0.15) is 39.0 Å². The zero-order chi connectivity index (χ0) is 9.10. The second kappa shape index (κ2) is 4.70. The van der Waals surface area contributed by atoms with Crippen LogP contribution < -0.4 is 5.32 Å². The van der Waals surface area contributed by atoms with Gasteiger partial charge in [-0.3, -0.25) is 0 Å². The summed E-state index contributed by atoms with van der Waals surface area (Å²) < 4.78 is 0. The Bertz CT molecular complexity index is 146. The van der Waals surface area contributed by atoms with E-state index in [-0.39, 0.29) is 0 Å². The van der Waals surface area contributed by atoms with E-state index in [0.717, 1.165) is 18.0 Å². The van der Waals surface area contributed by atoms with Gasteiger partial charge in [0.15, 0.2) is 0 Å². The largest absolute Gasteiger partial charge is 0.310 e. The number of thioether (sulfide) groups is 1. The zero-order valence-corrected chi connectivity index (χ0v) is 9.41. The second-order valence-corrected chi connectivity index (χ2v) is 5.83. The first-order valence-corrected chi connectivity index (χ1v) is 6.84. The Balaban J connectivity index is 1.69. The number of rotatable bonds is 2. The molecule has 76 valence electrons. The Morgan fingerprint density at radius 2 is 1.77 bits per heavy atom. The smallest absolute Gasteiger partial charge is 0.0168 e. The maximum absolute atomic E-state index is 3.82. The quantitative estimate of drug-likeness (QED) is 0.734. The van der Waals surface area contributed by atoms with E-state index in [1.165, 1.54) is 43.6 Å². The molecule has 0 radical (unpaired) electrons. The van der Waals surface area contributed by atoms with Crippen LogP contribution in [0.25, 0.3) is 0 Å². The van der Waals surface area contributed by atoms with E-state index in [4.69, 9.17) is 0 Å². The van der Waals surface area contributed by atoms with Gasteiger partial charge in [0.1, 0.15) is 0 Å². The second-order valence-electron chi connectivity index (χ2n) is 4.68. The molecule has 2 heteroatoms. The molecule has 13 heavy (non-hydrogen) atoms. The maximum atomic E-state index is 3.82. The average molecular weight is 199 g/mol. The standard InChI is InChI=1S/C11H21NS/c1-9-2-4-10(5-3-9)12-11-6-7-13-8-11/h9-12H,2-8H2,1H3. The summed E-state index contributed by atoms with van der Waals surface area (Å²) in [5.41, 5.74) is 0. The molecule has 2 rings (SSSR count). The van der Waals surface area contributed by atoms with Gasteiger partial charge < -0.3 is 5.32 Å². The van der Waals surface area contributed by atoms with Gasteiger partial charge >= 0.3 is 0 Å². The third-order valence-corrected chi connectivity index (χ3v) is 4.58. The lowest BCUT2D eigenvalue weighted by molar-refractivity contribution is 0.292. The lowest BCUT2D eigenvalue weighted by Crippen LogP contribution is -2.40. The molecule has 1 unspecified atom stereocenters. The first-order valence-electron chi connectivity index (χ1n) is 5.68. The summed E-state index contributed by atoms with van der Waals surface area (Å²) in [6.07, 6.45) is 7.12. The van der Waals surface area contributed by atoms with E-state index >= 15 is 0 Å². The van der Waals surface area contributed by atoms with Crippen molar-refractivity contribution in [3.63, 3.8) is 0 Å². The predicted octanol–water partition coefficient (Wildman–Crippen LogP) is 2.66. The van der Waals surface area contributed by atoms with E-state index in [9.17, 15) is 0 Å². The third kappa shape index (κ3) is 2.88. The Kier molecular flexibility index (Phi) is 3.56. The Labute approximate surface area is 86.0 Å². The van der Waals surface area contributed by atoms with Gasteiger partial charge in [-0.1, -0.05) is 6.92 Å². The van der Waals surface area contributed by atoms with Crippen LogP contribution in [-0.2, 0) is 0 Å². The fourth-order valence-corrected chi connectivity index (χ4v) is 3.59. The van der Waals surface area contributed by atoms with Crippen molar-refractivity contribution in [2.45, 2.75) is 51.1 Å². The number of hydrogen-bond acceptors (Lipinski definition) is 2. The summed E-state index contributed by atoms with van der Waals surface area (Å²) in [6, 6.07) is 1.68.